The summed E-state index contributed by atoms with van der Waals surface area (Å²) in [7, 11) is 3.75. The van der Waals surface area contributed by atoms with E-state index in [1.165, 1.54) is 12.1 Å². The van der Waals surface area contributed by atoms with Crippen molar-refractivity contribution in [1.29, 1.82) is 0 Å². The minimum Gasteiger partial charge on any atom is -0.382 e. The van der Waals surface area contributed by atoms with Gasteiger partial charge in [-0.2, -0.15) is 0 Å². The first-order chi connectivity index (χ1) is 9.04. The molecule has 4 nitrogen and oxygen atoms in total. The molecule has 1 aliphatic rings. The van der Waals surface area contributed by atoms with Crippen LogP contribution in [0, 0.1) is 5.82 Å². The first-order valence-corrected chi connectivity index (χ1v) is 6.56. The number of hydrogen-bond donors (Lipinski definition) is 2. The Morgan fingerprint density at radius 1 is 1.37 bits per heavy atom. The molecule has 1 saturated heterocycles. The SMILES string of the molecule is CN(C)c1cc(F)cc(NC2CCCNC(=O)C2)c1. The maximum absolute atomic E-state index is 13.6. The van der Waals surface area contributed by atoms with Gasteiger partial charge in [-0.25, -0.2) is 4.39 Å². The molecule has 2 rings (SSSR count). The van der Waals surface area contributed by atoms with Gasteiger partial charge in [0.05, 0.1) is 0 Å². The summed E-state index contributed by atoms with van der Waals surface area (Å²) in [4.78, 5) is 13.3. The lowest BCUT2D eigenvalue weighted by atomic mass is 10.1. The Bertz CT molecular complexity index is 462. The Morgan fingerprint density at radius 2 is 2.16 bits per heavy atom. The third-order valence-corrected chi connectivity index (χ3v) is 3.25. The van der Waals surface area contributed by atoms with Crippen LogP contribution in [0.5, 0.6) is 0 Å². The number of amides is 1. The fourth-order valence-electron chi connectivity index (χ4n) is 2.25. The molecule has 1 amide bonds. The third-order valence-electron chi connectivity index (χ3n) is 3.25. The van der Waals surface area contributed by atoms with Crippen molar-refractivity contribution in [1.82, 2.24) is 5.32 Å². The summed E-state index contributed by atoms with van der Waals surface area (Å²) in [5, 5.41) is 6.10. The van der Waals surface area contributed by atoms with Crippen molar-refractivity contribution in [3.05, 3.63) is 24.0 Å². The van der Waals surface area contributed by atoms with E-state index in [4.69, 9.17) is 0 Å². The standard InChI is InChI=1S/C14H20FN3O/c1-18(2)13-7-10(15)6-12(8-13)17-11-4-3-5-16-14(19)9-11/h6-8,11,17H,3-5,9H2,1-2H3,(H,16,19). The molecule has 5 heteroatoms. The average molecular weight is 265 g/mol. The predicted molar refractivity (Wildman–Crippen MR) is 75.0 cm³/mol. The van der Waals surface area contributed by atoms with Crippen molar-refractivity contribution in [2.45, 2.75) is 25.3 Å². The summed E-state index contributed by atoms with van der Waals surface area (Å²) in [5.41, 5.74) is 1.53. The van der Waals surface area contributed by atoms with Crippen molar-refractivity contribution in [2.24, 2.45) is 0 Å². The number of carbonyl (C=O) groups excluding carboxylic acids is 1. The van der Waals surface area contributed by atoms with E-state index in [0.717, 1.165) is 30.8 Å². The van der Waals surface area contributed by atoms with E-state index in [1.54, 1.807) is 0 Å². The lowest BCUT2D eigenvalue weighted by molar-refractivity contribution is -0.120. The van der Waals surface area contributed by atoms with Gasteiger partial charge in [0.25, 0.3) is 0 Å². The number of halogens is 1. The zero-order valence-electron chi connectivity index (χ0n) is 11.4. The molecule has 104 valence electrons. The van der Waals surface area contributed by atoms with Crippen molar-refractivity contribution in [3.63, 3.8) is 0 Å². The average Bonchev–Trinajstić information content (AvgIpc) is 2.52. The van der Waals surface area contributed by atoms with Gasteiger partial charge in [-0.15, -0.1) is 0 Å². The van der Waals surface area contributed by atoms with E-state index in [1.807, 2.05) is 25.1 Å². The molecule has 0 spiro atoms. The van der Waals surface area contributed by atoms with Gasteiger partial charge in [0.15, 0.2) is 0 Å². The van der Waals surface area contributed by atoms with Gasteiger partial charge in [0.1, 0.15) is 5.82 Å². The molecule has 0 aromatic heterocycles. The molecule has 1 fully saturated rings. The second-order valence-corrected chi connectivity index (χ2v) is 5.13. The van der Waals surface area contributed by atoms with E-state index in [0.29, 0.717) is 6.42 Å². The minimum absolute atomic E-state index is 0.0548. The fraction of sp³-hybridized carbons (Fsp3) is 0.500. The predicted octanol–water partition coefficient (Wildman–Crippen LogP) is 1.97. The lowest BCUT2D eigenvalue weighted by Crippen LogP contribution is -2.26. The highest BCUT2D eigenvalue weighted by atomic mass is 19.1. The Balaban J connectivity index is 2.11. The molecule has 1 atom stereocenters. The number of anilines is 2. The molecule has 1 heterocycles. The topological polar surface area (TPSA) is 44.4 Å². The summed E-state index contributed by atoms with van der Waals surface area (Å²) in [6, 6.07) is 4.92. The maximum atomic E-state index is 13.6. The van der Waals surface area contributed by atoms with E-state index in [-0.39, 0.29) is 17.8 Å². The van der Waals surface area contributed by atoms with Crippen molar-refractivity contribution in [3.8, 4) is 0 Å². The van der Waals surface area contributed by atoms with Crippen LogP contribution in [0.4, 0.5) is 15.8 Å². The summed E-state index contributed by atoms with van der Waals surface area (Å²) < 4.78 is 13.6. The molecule has 1 aliphatic heterocycles. The van der Waals surface area contributed by atoms with Crippen LogP contribution >= 0.6 is 0 Å². The van der Waals surface area contributed by atoms with Crippen LogP contribution in [-0.2, 0) is 4.79 Å². The first-order valence-electron chi connectivity index (χ1n) is 6.56. The number of carbonyl (C=O) groups is 1. The molecule has 0 saturated carbocycles. The monoisotopic (exact) mass is 265 g/mol. The number of hydrogen-bond acceptors (Lipinski definition) is 3. The van der Waals surface area contributed by atoms with E-state index >= 15 is 0 Å². The highest BCUT2D eigenvalue weighted by Gasteiger charge is 2.17. The molecule has 0 aliphatic carbocycles. The van der Waals surface area contributed by atoms with Crippen LogP contribution < -0.4 is 15.5 Å². The maximum Gasteiger partial charge on any atom is 0.222 e. The van der Waals surface area contributed by atoms with Crippen LogP contribution in [0.3, 0.4) is 0 Å². The van der Waals surface area contributed by atoms with Crippen LogP contribution in [0.1, 0.15) is 19.3 Å². The van der Waals surface area contributed by atoms with Crippen LogP contribution in [0.25, 0.3) is 0 Å². The van der Waals surface area contributed by atoms with Crippen molar-refractivity contribution in [2.75, 3.05) is 30.9 Å². The fourth-order valence-corrected chi connectivity index (χ4v) is 2.25. The van der Waals surface area contributed by atoms with Gasteiger partial charge < -0.3 is 15.5 Å². The van der Waals surface area contributed by atoms with E-state index in [2.05, 4.69) is 10.6 Å². The second kappa shape index (κ2) is 5.91. The van der Waals surface area contributed by atoms with Gasteiger partial charge in [-0.1, -0.05) is 0 Å². The van der Waals surface area contributed by atoms with Gasteiger partial charge in [0, 0.05) is 44.5 Å². The number of rotatable bonds is 3. The molecular formula is C14H20FN3O. The number of nitrogens with zero attached hydrogens (tertiary/aromatic N) is 1. The Kier molecular flexibility index (Phi) is 4.24. The zero-order valence-corrected chi connectivity index (χ0v) is 11.4. The minimum atomic E-state index is -0.272. The van der Waals surface area contributed by atoms with Gasteiger partial charge in [-0.3, -0.25) is 4.79 Å². The largest absolute Gasteiger partial charge is 0.382 e. The molecule has 19 heavy (non-hydrogen) atoms. The summed E-state index contributed by atoms with van der Waals surface area (Å²) >= 11 is 0. The number of benzene rings is 1. The van der Waals surface area contributed by atoms with Crippen LogP contribution in [0.15, 0.2) is 18.2 Å². The molecule has 1 aromatic carbocycles. The molecule has 1 unspecified atom stereocenters. The Morgan fingerprint density at radius 3 is 2.89 bits per heavy atom. The molecule has 0 bridgehead atoms. The third kappa shape index (κ3) is 3.84. The molecular weight excluding hydrogens is 245 g/mol. The zero-order chi connectivity index (χ0) is 13.8. The summed E-state index contributed by atoms with van der Waals surface area (Å²) in [6.45, 7) is 0.725. The smallest absolute Gasteiger partial charge is 0.222 e. The van der Waals surface area contributed by atoms with Gasteiger partial charge >= 0.3 is 0 Å². The second-order valence-electron chi connectivity index (χ2n) is 5.13. The van der Waals surface area contributed by atoms with Gasteiger partial charge in [-0.05, 0) is 31.0 Å². The number of nitrogens with one attached hydrogen (secondary N) is 2. The van der Waals surface area contributed by atoms with Crippen LogP contribution in [0.2, 0.25) is 0 Å². The van der Waals surface area contributed by atoms with E-state index < -0.39 is 0 Å². The Labute approximate surface area is 113 Å². The van der Waals surface area contributed by atoms with Crippen LogP contribution in [-0.4, -0.2) is 32.6 Å². The van der Waals surface area contributed by atoms with Crippen molar-refractivity contribution >= 4 is 17.3 Å². The Hall–Kier alpha value is -1.78. The molecule has 1 aromatic rings. The normalized spacial score (nSPS) is 19.5. The summed E-state index contributed by atoms with van der Waals surface area (Å²) in [6.07, 6.45) is 2.29. The molecule has 2 N–H and O–H groups in total. The van der Waals surface area contributed by atoms with Crippen molar-refractivity contribution < 1.29 is 9.18 Å². The summed E-state index contributed by atoms with van der Waals surface area (Å²) in [5.74, 6) is -0.217. The molecule has 0 radical (unpaired) electrons. The first kappa shape index (κ1) is 13.6. The quantitative estimate of drug-likeness (QED) is 0.878. The van der Waals surface area contributed by atoms with E-state index in [9.17, 15) is 9.18 Å². The highest BCUT2D eigenvalue weighted by Crippen LogP contribution is 2.22. The van der Waals surface area contributed by atoms with Gasteiger partial charge in [0.2, 0.25) is 5.91 Å². The lowest BCUT2D eigenvalue weighted by Gasteiger charge is -2.19. The highest BCUT2D eigenvalue weighted by molar-refractivity contribution is 5.77.